The molecule has 0 saturated carbocycles. The number of nitrogens with zero attached hydrogens (tertiary/aromatic N) is 1. The highest BCUT2D eigenvalue weighted by atomic mass is 35.5. The largest absolute Gasteiger partial charge is 0.478 e. The third-order valence-corrected chi connectivity index (χ3v) is 3.17. The maximum atomic E-state index is 11.3. The maximum absolute atomic E-state index is 11.3. The number of halogens is 1. The zero-order valence-corrected chi connectivity index (χ0v) is 12.1. The fourth-order valence-electron chi connectivity index (χ4n) is 1.97. The van der Waals surface area contributed by atoms with Crippen LogP contribution in [0.15, 0.2) is 36.4 Å². The van der Waals surface area contributed by atoms with Crippen LogP contribution in [0, 0.1) is 10.1 Å². The second-order valence-corrected chi connectivity index (χ2v) is 4.82. The van der Waals surface area contributed by atoms with Crippen molar-refractivity contribution < 1.29 is 24.7 Å². The summed E-state index contributed by atoms with van der Waals surface area (Å²) in [5, 5.41) is 32.1. The number of aromatic carboxylic acids is 2. The smallest absolute Gasteiger partial charge is 0.344 e. The van der Waals surface area contributed by atoms with E-state index < -0.39 is 28.1 Å². The third-order valence-electron chi connectivity index (χ3n) is 2.93. The highest BCUT2D eigenvalue weighted by molar-refractivity contribution is 6.31. The van der Waals surface area contributed by atoms with E-state index in [4.69, 9.17) is 16.7 Å². The number of nitro benzene ring substituents is 1. The number of carboxylic acid groups (broad SMARTS) is 2. The van der Waals surface area contributed by atoms with Gasteiger partial charge in [0.05, 0.1) is 21.9 Å². The first-order valence-electron chi connectivity index (χ1n) is 6.12. The molecule has 0 aliphatic heterocycles. The Balaban J connectivity index is 2.58. The van der Waals surface area contributed by atoms with Crippen LogP contribution in [0.4, 0.5) is 17.1 Å². The summed E-state index contributed by atoms with van der Waals surface area (Å²) < 4.78 is 0. The van der Waals surface area contributed by atoms with Gasteiger partial charge in [-0.2, -0.15) is 0 Å². The molecule has 0 saturated heterocycles. The Kier molecular flexibility index (Phi) is 4.47. The van der Waals surface area contributed by atoms with E-state index in [2.05, 4.69) is 5.32 Å². The Bertz CT molecular complexity index is 821. The van der Waals surface area contributed by atoms with Crippen LogP contribution in [0.25, 0.3) is 0 Å². The molecule has 0 bridgehead atoms. The first kappa shape index (κ1) is 16.2. The van der Waals surface area contributed by atoms with Crippen molar-refractivity contribution in [3.63, 3.8) is 0 Å². The quantitative estimate of drug-likeness (QED) is 0.563. The van der Waals surface area contributed by atoms with Gasteiger partial charge in [-0.05, 0) is 24.3 Å². The number of nitrogens with one attached hydrogen (secondary N) is 1. The molecule has 0 amide bonds. The van der Waals surface area contributed by atoms with E-state index in [1.807, 2.05) is 0 Å². The van der Waals surface area contributed by atoms with E-state index in [1.165, 1.54) is 30.3 Å². The van der Waals surface area contributed by atoms with Gasteiger partial charge in [0.2, 0.25) is 0 Å². The summed E-state index contributed by atoms with van der Waals surface area (Å²) in [6, 6.07) is 7.59. The number of hydrogen-bond acceptors (Lipinski definition) is 5. The van der Waals surface area contributed by atoms with Crippen molar-refractivity contribution in [2.24, 2.45) is 0 Å². The van der Waals surface area contributed by atoms with E-state index in [0.29, 0.717) is 0 Å². The molecule has 0 spiro atoms. The summed E-state index contributed by atoms with van der Waals surface area (Å²) in [5.41, 5.74) is -1.40. The predicted molar refractivity (Wildman–Crippen MR) is 81.7 cm³/mol. The van der Waals surface area contributed by atoms with Crippen molar-refractivity contribution in [1.29, 1.82) is 0 Å². The zero-order chi connectivity index (χ0) is 17.1. The van der Waals surface area contributed by atoms with Crippen LogP contribution >= 0.6 is 11.6 Å². The molecule has 2 aromatic rings. The number of anilines is 2. The van der Waals surface area contributed by atoms with E-state index in [1.54, 1.807) is 0 Å². The van der Waals surface area contributed by atoms with Crippen molar-refractivity contribution in [1.82, 2.24) is 0 Å². The molecule has 9 heteroatoms. The van der Waals surface area contributed by atoms with Gasteiger partial charge in [0.1, 0.15) is 0 Å². The minimum atomic E-state index is -1.51. The Labute approximate surface area is 134 Å². The molecule has 8 nitrogen and oxygen atoms in total. The molecular formula is C14H9ClN2O6. The summed E-state index contributed by atoms with van der Waals surface area (Å²) in [6.07, 6.45) is 0. The normalized spacial score (nSPS) is 10.1. The fraction of sp³-hybridized carbons (Fsp3) is 0. The van der Waals surface area contributed by atoms with Gasteiger partial charge >= 0.3 is 11.9 Å². The highest BCUT2D eigenvalue weighted by Gasteiger charge is 2.24. The number of rotatable bonds is 5. The van der Waals surface area contributed by atoms with Crippen molar-refractivity contribution in [2.45, 2.75) is 0 Å². The Morgan fingerprint density at radius 3 is 2.35 bits per heavy atom. The molecular weight excluding hydrogens is 328 g/mol. The summed E-state index contributed by atoms with van der Waals surface area (Å²) in [5.74, 6) is -2.79. The van der Waals surface area contributed by atoms with Crippen molar-refractivity contribution >= 4 is 40.6 Å². The number of nitro groups is 1. The number of hydrogen-bond donors (Lipinski definition) is 3. The standard InChI is InChI=1S/C14H9ClN2O6/c15-7-4-5-9(8(6-7)13(18)19)16-10-2-1-3-11(17(22)23)12(10)14(20)21/h1-6,16H,(H,18,19)(H,20,21). The molecule has 0 aliphatic rings. The lowest BCUT2D eigenvalue weighted by atomic mass is 10.1. The minimum Gasteiger partial charge on any atom is -0.478 e. The Morgan fingerprint density at radius 2 is 1.78 bits per heavy atom. The number of carbonyl (C=O) groups is 2. The van der Waals surface area contributed by atoms with Gasteiger partial charge in [0, 0.05) is 11.1 Å². The van der Waals surface area contributed by atoms with Crippen molar-refractivity contribution in [3.05, 3.63) is 62.7 Å². The van der Waals surface area contributed by atoms with E-state index >= 15 is 0 Å². The molecule has 0 fully saturated rings. The Morgan fingerprint density at radius 1 is 1.09 bits per heavy atom. The van der Waals surface area contributed by atoms with Crippen LogP contribution in [-0.4, -0.2) is 27.1 Å². The summed E-state index contributed by atoms with van der Waals surface area (Å²) in [7, 11) is 0. The minimum absolute atomic E-state index is 0.0601. The van der Waals surface area contributed by atoms with E-state index in [9.17, 15) is 24.8 Å². The molecule has 0 aliphatic carbocycles. The van der Waals surface area contributed by atoms with Crippen LogP contribution in [0.3, 0.4) is 0 Å². The second-order valence-electron chi connectivity index (χ2n) is 4.38. The van der Waals surface area contributed by atoms with Crippen LogP contribution < -0.4 is 5.32 Å². The monoisotopic (exact) mass is 336 g/mol. The summed E-state index contributed by atoms with van der Waals surface area (Å²) in [6.45, 7) is 0. The SMILES string of the molecule is O=C(O)c1cc(Cl)ccc1Nc1cccc([N+](=O)[O-])c1C(=O)O. The molecule has 0 aromatic heterocycles. The number of carboxylic acids is 2. The predicted octanol–water partition coefficient (Wildman–Crippen LogP) is 3.39. The Hall–Kier alpha value is -3.13. The molecule has 3 N–H and O–H groups in total. The van der Waals surface area contributed by atoms with Gasteiger partial charge in [0.25, 0.3) is 5.69 Å². The van der Waals surface area contributed by atoms with Gasteiger partial charge in [-0.3, -0.25) is 10.1 Å². The van der Waals surface area contributed by atoms with Gasteiger partial charge in [-0.1, -0.05) is 17.7 Å². The van der Waals surface area contributed by atoms with Crippen LogP contribution in [0.5, 0.6) is 0 Å². The molecule has 0 atom stereocenters. The van der Waals surface area contributed by atoms with Gasteiger partial charge in [-0.15, -0.1) is 0 Å². The molecule has 2 rings (SSSR count). The van der Waals surface area contributed by atoms with E-state index in [0.717, 1.165) is 6.07 Å². The van der Waals surface area contributed by atoms with Gasteiger partial charge in [0.15, 0.2) is 5.56 Å². The molecule has 0 unspecified atom stereocenters. The lowest BCUT2D eigenvalue weighted by Gasteiger charge is -2.12. The molecule has 0 radical (unpaired) electrons. The topological polar surface area (TPSA) is 130 Å². The van der Waals surface area contributed by atoms with Gasteiger partial charge in [-0.25, -0.2) is 9.59 Å². The molecule has 0 heterocycles. The lowest BCUT2D eigenvalue weighted by Crippen LogP contribution is -2.09. The van der Waals surface area contributed by atoms with E-state index in [-0.39, 0.29) is 22.0 Å². The average molecular weight is 337 g/mol. The summed E-state index contributed by atoms with van der Waals surface area (Å²) >= 11 is 5.74. The zero-order valence-electron chi connectivity index (χ0n) is 11.3. The van der Waals surface area contributed by atoms with Crippen LogP contribution in [0.1, 0.15) is 20.7 Å². The maximum Gasteiger partial charge on any atom is 0.344 e. The molecule has 23 heavy (non-hydrogen) atoms. The van der Waals surface area contributed by atoms with Crippen molar-refractivity contribution in [3.8, 4) is 0 Å². The molecule has 2 aromatic carbocycles. The number of benzene rings is 2. The first-order valence-corrected chi connectivity index (χ1v) is 6.49. The molecule has 118 valence electrons. The fourth-order valence-corrected chi connectivity index (χ4v) is 2.14. The first-order chi connectivity index (χ1) is 10.8. The van der Waals surface area contributed by atoms with Crippen LogP contribution in [-0.2, 0) is 0 Å². The summed E-state index contributed by atoms with van der Waals surface area (Å²) in [4.78, 5) is 32.7. The second kappa shape index (κ2) is 6.32. The third kappa shape index (κ3) is 3.38. The highest BCUT2D eigenvalue weighted by Crippen LogP contribution is 2.31. The average Bonchev–Trinajstić information content (AvgIpc) is 2.48. The van der Waals surface area contributed by atoms with Crippen LogP contribution in [0.2, 0.25) is 5.02 Å². The lowest BCUT2D eigenvalue weighted by molar-refractivity contribution is -0.385. The van der Waals surface area contributed by atoms with Crippen molar-refractivity contribution in [2.75, 3.05) is 5.32 Å². The van der Waals surface area contributed by atoms with Gasteiger partial charge < -0.3 is 15.5 Å².